The summed E-state index contributed by atoms with van der Waals surface area (Å²) in [5, 5.41) is 4.78. The first-order valence-electron chi connectivity index (χ1n) is 10.7. The lowest BCUT2D eigenvalue weighted by atomic mass is 10.1. The van der Waals surface area contributed by atoms with Crippen molar-refractivity contribution in [2.45, 2.75) is 6.54 Å². The second kappa shape index (κ2) is 9.58. The van der Waals surface area contributed by atoms with Gasteiger partial charge < -0.3 is 9.47 Å². The van der Waals surface area contributed by atoms with Crippen LogP contribution in [0.3, 0.4) is 0 Å². The molecule has 0 saturated carbocycles. The van der Waals surface area contributed by atoms with E-state index in [9.17, 15) is 14.4 Å². The van der Waals surface area contributed by atoms with Gasteiger partial charge in [-0.2, -0.15) is 5.10 Å². The Labute approximate surface area is 196 Å². The molecule has 0 radical (unpaired) electrons. The summed E-state index contributed by atoms with van der Waals surface area (Å²) in [6.45, 7) is 0.325. The fourth-order valence-electron chi connectivity index (χ4n) is 3.65. The van der Waals surface area contributed by atoms with Crippen LogP contribution in [0.1, 0.15) is 11.1 Å². The van der Waals surface area contributed by atoms with E-state index in [0.717, 1.165) is 27.1 Å². The highest BCUT2D eigenvalue weighted by Crippen LogP contribution is 2.24. The van der Waals surface area contributed by atoms with Crippen LogP contribution in [0, 0.1) is 0 Å². The van der Waals surface area contributed by atoms with Gasteiger partial charge in [0.25, 0.3) is 5.56 Å². The second-order valence-electron chi connectivity index (χ2n) is 8.02. The highest BCUT2D eigenvalue weighted by molar-refractivity contribution is 5.91. The standard InChI is InChI=1S/C26H25N5O3/c1-28(23(32)15-14-20-16-29(2)26(34)30(3)25(20)33)17-21-18-31(22-12-8-5-9-13-22)27-24(21)19-10-6-4-7-11-19/h4-16,18H,17H2,1-3H3. The Morgan fingerprint density at radius 1 is 0.971 bits per heavy atom. The molecule has 8 nitrogen and oxygen atoms in total. The lowest BCUT2D eigenvalue weighted by Gasteiger charge is -2.15. The van der Waals surface area contributed by atoms with Crippen LogP contribution >= 0.6 is 0 Å². The predicted molar refractivity (Wildman–Crippen MR) is 131 cm³/mol. The Morgan fingerprint density at radius 2 is 1.62 bits per heavy atom. The lowest BCUT2D eigenvalue weighted by molar-refractivity contribution is -0.125. The van der Waals surface area contributed by atoms with Crippen LogP contribution in [0.2, 0.25) is 0 Å². The Balaban J connectivity index is 1.61. The summed E-state index contributed by atoms with van der Waals surface area (Å²) in [5.41, 5.74) is 2.94. The molecule has 0 aliphatic heterocycles. The van der Waals surface area contributed by atoms with E-state index in [1.807, 2.05) is 66.9 Å². The van der Waals surface area contributed by atoms with E-state index in [2.05, 4.69) is 0 Å². The van der Waals surface area contributed by atoms with Gasteiger partial charge in [0, 0.05) is 57.3 Å². The number of amides is 1. The summed E-state index contributed by atoms with van der Waals surface area (Å²) in [7, 11) is 4.66. The summed E-state index contributed by atoms with van der Waals surface area (Å²) in [5.74, 6) is -0.276. The highest BCUT2D eigenvalue weighted by atomic mass is 16.2. The minimum absolute atomic E-state index is 0.258. The molecular weight excluding hydrogens is 430 g/mol. The second-order valence-corrected chi connectivity index (χ2v) is 8.02. The Kier molecular flexibility index (Phi) is 6.40. The normalized spacial score (nSPS) is 11.1. The van der Waals surface area contributed by atoms with Crippen LogP contribution in [0.5, 0.6) is 0 Å². The van der Waals surface area contributed by atoms with Gasteiger partial charge in [0.1, 0.15) is 0 Å². The molecule has 0 spiro atoms. The van der Waals surface area contributed by atoms with Crippen LogP contribution in [-0.4, -0.2) is 36.8 Å². The number of para-hydroxylation sites is 1. The van der Waals surface area contributed by atoms with Crippen LogP contribution in [0.25, 0.3) is 23.0 Å². The molecule has 0 fully saturated rings. The number of aromatic nitrogens is 4. The number of carbonyl (C=O) groups is 1. The zero-order valence-electron chi connectivity index (χ0n) is 19.3. The third-order valence-electron chi connectivity index (χ3n) is 5.52. The van der Waals surface area contributed by atoms with E-state index in [1.54, 1.807) is 23.7 Å². The summed E-state index contributed by atoms with van der Waals surface area (Å²) in [6.07, 6.45) is 6.12. The molecule has 0 atom stereocenters. The van der Waals surface area contributed by atoms with Crippen LogP contribution < -0.4 is 11.2 Å². The maximum atomic E-state index is 12.8. The van der Waals surface area contributed by atoms with Crippen molar-refractivity contribution < 1.29 is 4.79 Å². The minimum Gasteiger partial charge on any atom is -0.338 e. The molecule has 0 N–H and O–H groups in total. The van der Waals surface area contributed by atoms with Gasteiger partial charge in [0.2, 0.25) is 5.91 Å². The van der Waals surface area contributed by atoms with Gasteiger partial charge in [0.05, 0.1) is 16.9 Å². The number of aryl methyl sites for hydroxylation is 1. The van der Waals surface area contributed by atoms with Gasteiger partial charge in [-0.05, 0) is 18.2 Å². The highest BCUT2D eigenvalue weighted by Gasteiger charge is 2.16. The Morgan fingerprint density at radius 3 is 2.29 bits per heavy atom. The summed E-state index contributed by atoms with van der Waals surface area (Å²) in [4.78, 5) is 38.6. The zero-order valence-corrected chi connectivity index (χ0v) is 19.3. The van der Waals surface area contributed by atoms with Crippen molar-refractivity contribution in [3.05, 3.63) is 111 Å². The molecule has 0 unspecified atom stereocenters. The quantitative estimate of drug-likeness (QED) is 0.419. The molecule has 4 aromatic rings. The van der Waals surface area contributed by atoms with Gasteiger partial charge in [-0.3, -0.25) is 14.2 Å². The van der Waals surface area contributed by atoms with Crippen LogP contribution in [0.15, 0.2) is 88.7 Å². The largest absolute Gasteiger partial charge is 0.338 e. The number of benzene rings is 2. The van der Waals surface area contributed by atoms with E-state index >= 15 is 0 Å². The Bertz CT molecular complexity index is 1460. The molecule has 4 rings (SSSR count). The SMILES string of the molecule is CN(Cc1cn(-c2ccccc2)nc1-c1ccccc1)C(=O)C=Cc1cn(C)c(=O)n(C)c1=O. The molecule has 34 heavy (non-hydrogen) atoms. The van der Waals surface area contributed by atoms with Gasteiger partial charge in [0.15, 0.2) is 0 Å². The number of nitrogens with zero attached hydrogens (tertiary/aromatic N) is 5. The zero-order chi connectivity index (χ0) is 24.2. The topological polar surface area (TPSA) is 82.1 Å². The monoisotopic (exact) mass is 455 g/mol. The van der Waals surface area contributed by atoms with Crippen molar-refractivity contribution in [3.8, 4) is 16.9 Å². The van der Waals surface area contributed by atoms with Crippen LogP contribution in [-0.2, 0) is 25.4 Å². The number of likely N-dealkylation sites (N-methyl/N-ethyl adjacent to an activating group) is 1. The molecule has 2 aromatic carbocycles. The first-order chi connectivity index (χ1) is 16.3. The predicted octanol–water partition coefficient (Wildman–Crippen LogP) is 2.61. The summed E-state index contributed by atoms with van der Waals surface area (Å²) >= 11 is 0. The first kappa shape index (κ1) is 22.7. The summed E-state index contributed by atoms with van der Waals surface area (Å²) in [6, 6.07) is 19.6. The van der Waals surface area contributed by atoms with E-state index < -0.39 is 11.2 Å². The van der Waals surface area contributed by atoms with E-state index in [4.69, 9.17) is 5.10 Å². The molecule has 0 bridgehead atoms. The van der Waals surface area contributed by atoms with E-state index in [-0.39, 0.29) is 11.5 Å². The Hall–Kier alpha value is -4.46. The average Bonchev–Trinajstić information content (AvgIpc) is 3.28. The molecule has 2 heterocycles. The van der Waals surface area contributed by atoms with Crippen molar-refractivity contribution in [1.29, 1.82) is 0 Å². The van der Waals surface area contributed by atoms with Crippen molar-refractivity contribution >= 4 is 12.0 Å². The van der Waals surface area contributed by atoms with Crippen molar-refractivity contribution in [2.75, 3.05) is 7.05 Å². The lowest BCUT2D eigenvalue weighted by Crippen LogP contribution is -2.37. The average molecular weight is 456 g/mol. The molecule has 0 aliphatic rings. The van der Waals surface area contributed by atoms with Crippen molar-refractivity contribution in [1.82, 2.24) is 23.8 Å². The molecule has 2 aromatic heterocycles. The van der Waals surface area contributed by atoms with Crippen LogP contribution in [0.4, 0.5) is 0 Å². The molecule has 8 heteroatoms. The third-order valence-corrected chi connectivity index (χ3v) is 5.52. The van der Waals surface area contributed by atoms with Gasteiger partial charge in [-0.25, -0.2) is 9.48 Å². The number of hydrogen-bond acceptors (Lipinski definition) is 4. The number of carbonyl (C=O) groups excluding carboxylic acids is 1. The maximum absolute atomic E-state index is 12.8. The van der Waals surface area contributed by atoms with Gasteiger partial charge in [-0.15, -0.1) is 0 Å². The fraction of sp³-hybridized carbons (Fsp3) is 0.154. The molecule has 172 valence electrons. The molecule has 1 amide bonds. The molecule has 0 aliphatic carbocycles. The van der Waals surface area contributed by atoms with Crippen molar-refractivity contribution in [2.24, 2.45) is 14.1 Å². The number of rotatable bonds is 6. The first-order valence-corrected chi connectivity index (χ1v) is 10.7. The van der Waals surface area contributed by atoms with E-state index in [0.29, 0.717) is 6.54 Å². The smallest absolute Gasteiger partial charge is 0.330 e. The molecule has 0 saturated heterocycles. The van der Waals surface area contributed by atoms with Gasteiger partial charge >= 0.3 is 5.69 Å². The number of hydrogen-bond donors (Lipinski definition) is 0. The van der Waals surface area contributed by atoms with Gasteiger partial charge in [-0.1, -0.05) is 48.5 Å². The van der Waals surface area contributed by atoms with E-state index in [1.165, 1.54) is 30.0 Å². The summed E-state index contributed by atoms with van der Waals surface area (Å²) < 4.78 is 4.12. The molecular formula is C26H25N5O3. The third kappa shape index (κ3) is 4.66. The fourth-order valence-corrected chi connectivity index (χ4v) is 3.65. The van der Waals surface area contributed by atoms with Crippen molar-refractivity contribution in [3.63, 3.8) is 0 Å². The minimum atomic E-state index is -0.453. The maximum Gasteiger partial charge on any atom is 0.330 e.